The highest BCUT2D eigenvalue weighted by Gasteiger charge is 2.53. The van der Waals surface area contributed by atoms with Crippen LogP contribution in [-0.2, 0) is 9.53 Å². The number of hydrogen-bond donors (Lipinski definition) is 1. The number of rotatable bonds is 5. The quantitative estimate of drug-likeness (QED) is 0.792. The van der Waals surface area contributed by atoms with Crippen molar-refractivity contribution in [3.8, 4) is 17.2 Å². The van der Waals surface area contributed by atoms with Crippen LogP contribution >= 0.6 is 0 Å². The highest BCUT2D eigenvalue weighted by Crippen LogP contribution is 2.42. The lowest BCUT2D eigenvalue weighted by atomic mass is 9.97. The van der Waals surface area contributed by atoms with Gasteiger partial charge in [-0.1, -0.05) is 0 Å². The van der Waals surface area contributed by atoms with Crippen molar-refractivity contribution >= 4 is 11.9 Å². The fraction of sp³-hybridized carbons (Fsp3) is 0.579. The van der Waals surface area contributed by atoms with E-state index in [2.05, 4.69) is 4.90 Å². The molecule has 2 fully saturated rings. The van der Waals surface area contributed by atoms with Crippen molar-refractivity contribution in [2.75, 3.05) is 48.1 Å². The van der Waals surface area contributed by atoms with Crippen LogP contribution in [0.3, 0.4) is 0 Å². The topological polar surface area (TPSA) is 97.8 Å². The van der Waals surface area contributed by atoms with Crippen molar-refractivity contribution in [1.82, 2.24) is 9.80 Å². The van der Waals surface area contributed by atoms with E-state index in [-0.39, 0.29) is 12.2 Å². The lowest BCUT2D eigenvalue weighted by Gasteiger charge is -2.43. The van der Waals surface area contributed by atoms with Crippen molar-refractivity contribution in [2.45, 2.75) is 24.6 Å². The van der Waals surface area contributed by atoms with E-state index in [0.29, 0.717) is 43.2 Å². The largest absolute Gasteiger partial charge is 0.493 e. The molecule has 1 amide bonds. The van der Waals surface area contributed by atoms with Gasteiger partial charge in [0.05, 0.1) is 27.9 Å². The average molecular weight is 394 g/mol. The maximum Gasteiger partial charge on any atom is 0.328 e. The molecule has 1 aromatic carbocycles. The van der Waals surface area contributed by atoms with E-state index in [9.17, 15) is 14.7 Å². The van der Waals surface area contributed by atoms with Crippen LogP contribution in [0.25, 0.3) is 0 Å². The molecule has 1 aromatic rings. The second-order valence-corrected chi connectivity index (χ2v) is 7.00. The highest BCUT2D eigenvalue weighted by atomic mass is 16.5. The Morgan fingerprint density at radius 2 is 1.68 bits per heavy atom. The number of ether oxygens (including phenoxy) is 4. The number of piperidine rings is 1. The summed E-state index contributed by atoms with van der Waals surface area (Å²) in [5.74, 6) is -0.502. The number of methoxy groups -OCH3 is 3. The molecule has 2 saturated heterocycles. The smallest absolute Gasteiger partial charge is 0.328 e. The van der Waals surface area contributed by atoms with Crippen LogP contribution in [0.1, 0.15) is 23.2 Å². The van der Waals surface area contributed by atoms with Gasteiger partial charge in [0.2, 0.25) is 5.75 Å². The Bertz CT molecular complexity index is 734. The Morgan fingerprint density at radius 3 is 2.14 bits per heavy atom. The second kappa shape index (κ2) is 7.84. The zero-order valence-electron chi connectivity index (χ0n) is 16.6. The standard InChI is InChI=1S/C19H26N2O7/c1-20-7-5-19(6-8-20)21(13(11-28-19)18(23)24)17(22)12-9-14(25-2)16(27-4)15(10-12)26-3/h9-10,13H,5-8,11H2,1-4H3,(H,23,24)/t13-/m1/s1. The Hall–Kier alpha value is -2.52. The molecule has 1 spiro atoms. The SMILES string of the molecule is COc1cc(C(=O)N2[C@@H](C(=O)O)COC23CCN(C)CC3)cc(OC)c1OC. The first-order valence-corrected chi connectivity index (χ1v) is 9.06. The van der Waals surface area contributed by atoms with Crippen LogP contribution in [-0.4, -0.2) is 86.6 Å². The van der Waals surface area contributed by atoms with Gasteiger partial charge in [0, 0.05) is 31.5 Å². The van der Waals surface area contributed by atoms with Crippen molar-refractivity contribution in [2.24, 2.45) is 0 Å². The van der Waals surface area contributed by atoms with Gasteiger partial charge in [0.1, 0.15) is 5.72 Å². The number of carboxylic acid groups (broad SMARTS) is 1. The van der Waals surface area contributed by atoms with Gasteiger partial charge >= 0.3 is 5.97 Å². The molecule has 3 rings (SSSR count). The molecule has 2 heterocycles. The average Bonchev–Trinajstić information content (AvgIpc) is 3.07. The molecule has 28 heavy (non-hydrogen) atoms. The van der Waals surface area contributed by atoms with E-state index in [0.717, 1.165) is 0 Å². The van der Waals surface area contributed by atoms with Gasteiger partial charge in [-0.3, -0.25) is 9.69 Å². The van der Waals surface area contributed by atoms with Gasteiger partial charge in [-0.2, -0.15) is 0 Å². The third kappa shape index (κ3) is 3.35. The van der Waals surface area contributed by atoms with E-state index in [4.69, 9.17) is 18.9 Å². The lowest BCUT2D eigenvalue weighted by Crippen LogP contribution is -2.57. The highest BCUT2D eigenvalue weighted by molar-refractivity contribution is 5.98. The number of amides is 1. The van der Waals surface area contributed by atoms with Gasteiger partial charge in [0.25, 0.3) is 5.91 Å². The summed E-state index contributed by atoms with van der Waals surface area (Å²) < 4.78 is 21.9. The molecular weight excluding hydrogens is 368 g/mol. The summed E-state index contributed by atoms with van der Waals surface area (Å²) in [6.07, 6.45) is 1.09. The number of carbonyl (C=O) groups is 2. The number of aliphatic carboxylic acids is 1. The molecule has 154 valence electrons. The molecule has 9 nitrogen and oxygen atoms in total. The molecule has 2 aliphatic heterocycles. The summed E-state index contributed by atoms with van der Waals surface area (Å²) in [5, 5.41) is 9.68. The van der Waals surface area contributed by atoms with Gasteiger partial charge in [0.15, 0.2) is 17.5 Å². The molecule has 1 N–H and O–H groups in total. The van der Waals surface area contributed by atoms with E-state index in [1.807, 2.05) is 7.05 Å². The Labute approximate surface area is 163 Å². The van der Waals surface area contributed by atoms with E-state index in [1.165, 1.54) is 38.4 Å². The lowest BCUT2D eigenvalue weighted by molar-refractivity contribution is -0.143. The summed E-state index contributed by atoms with van der Waals surface area (Å²) in [5.41, 5.74) is -0.669. The fourth-order valence-corrected chi connectivity index (χ4v) is 3.87. The summed E-state index contributed by atoms with van der Waals surface area (Å²) in [6.45, 7) is 1.39. The van der Waals surface area contributed by atoms with Crippen LogP contribution in [0.4, 0.5) is 0 Å². The number of nitrogens with zero attached hydrogens (tertiary/aromatic N) is 2. The van der Waals surface area contributed by atoms with Gasteiger partial charge in [-0.05, 0) is 19.2 Å². The molecule has 2 aliphatic rings. The van der Waals surface area contributed by atoms with Crippen molar-refractivity contribution in [3.05, 3.63) is 17.7 Å². The van der Waals surface area contributed by atoms with E-state index < -0.39 is 23.6 Å². The van der Waals surface area contributed by atoms with Crippen LogP contribution < -0.4 is 14.2 Å². The fourth-order valence-electron chi connectivity index (χ4n) is 3.87. The van der Waals surface area contributed by atoms with Crippen molar-refractivity contribution in [3.63, 3.8) is 0 Å². The summed E-state index contributed by atoms with van der Waals surface area (Å²) in [4.78, 5) is 28.8. The summed E-state index contributed by atoms with van der Waals surface area (Å²) in [6, 6.07) is 2.02. The number of carboxylic acids is 1. The monoisotopic (exact) mass is 394 g/mol. The Morgan fingerprint density at radius 1 is 1.11 bits per heavy atom. The molecule has 1 atom stereocenters. The molecule has 0 radical (unpaired) electrons. The number of likely N-dealkylation sites (tertiary alicyclic amines) is 1. The van der Waals surface area contributed by atoms with E-state index in [1.54, 1.807) is 0 Å². The maximum atomic E-state index is 13.5. The van der Waals surface area contributed by atoms with E-state index >= 15 is 0 Å². The summed E-state index contributed by atoms with van der Waals surface area (Å²) >= 11 is 0. The van der Waals surface area contributed by atoms with Crippen molar-refractivity contribution < 1.29 is 33.6 Å². The Kier molecular flexibility index (Phi) is 5.66. The predicted octanol–water partition coefficient (Wildman–Crippen LogP) is 1.06. The molecule has 0 aliphatic carbocycles. The van der Waals surface area contributed by atoms with Crippen LogP contribution in [0.2, 0.25) is 0 Å². The first-order chi connectivity index (χ1) is 13.4. The van der Waals surface area contributed by atoms with Gasteiger partial charge in [-0.25, -0.2) is 4.79 Å². The molecule has 9 heteroatoms. The molecule has 0 unspecified atom stereocenters. The molecule has 0 aromatic heterocycles. The maximum absolute atomic E-state index is 13.5. The van der Waals surface area contributed by atoms with Crippen LogP contribution in [0, 0.1) is 0 Å². The normalized spacial score (nSPS) is 21.6. The third-order valence-electron chi connectivity index (χ3n) is 5.44. The third-order valence-corrected chi connectivity index (χ3v) is 5.44. The number of benzene rings is 1. The first kappa shape index (κ1) is 20.2. The van der Waals surface area contributed by atoms with Gasteiger partial charge in [-0.15, -0.1) is 0 Å². The minimum Gasteiger partial charge on any atom is -0.493 e. The zero-order valence-corrected chi connectivity index (χ0v) is 16.6. The van der Waals surface area contributed by atoms with Crippen LogP contribution in [0.15, 0.2) is 12.1 Å². The molecular formula is C19H26N2O7. The molecule has 0 bridgehead atoms. The molecule has 0 saturated carbocycles. The Balaban J connectivity index is 2.03. The zero-order chi connectivity index (χ0) is 20.5. The van der Waals surface area contributed by atoms with Crippen molar-refractivity contribution in [1.29, 1.82) is 0 Å². The number of carbonyl (C=O) groups excluding carboxylic acids is 1. The summed E-state index contributed by atoms with van der Waals surface area (Å²) in [7, 11) is 6.39. The minimum absolute atomic E-state index is 0.0325. The predicted molar refractivity (Wildman–Crippen MR) is 99.1 cm³/mol. The van der Waals surface area contributed by atoms with Crippen LogP contribution in [0.5, 0.6) is 17.2 Å². The van der Waals surface area contributed by atoms with Gasteiger partial charge < -0.3 is 29.0 Å². The first-order valence-electron chi connectivity index (χ1n) is 9.06. The number of hydrogen-bond acceptors (Lipinski definition) is 7. The minimum atomic E-state index is -1.09. The second-order valence-electron chi connectivity index (χ2n) is 7.00.